The van der Waals surface area contributed by atoms with Gasteiger partial charge in [0.05, 0.1) is 0 Å². The molecule has 0 unspecified atom stereocenters. The highest BCUT2D eigenvalue weighted by Gasteiger charge is 2.27. The summed E-state index contributed by atoms with van der Waals surface area (Å²) >= 11 is 1.53. The van der Waals surface area contributed by atoms with Gasteiger partial charge in [-0.25, -0.2) is 4.98 Å². The van der Waals surface area contributed by atoms with E-state index in [0.29, 0.717) is 12.0 Å². The molecule has 1 aliphatic heterocycles. The molecule has 0 amide bonds. The SMILES string of the molecule is CC(C)Cc1nsc(NC2CCN(C3CCCC3)CC2)n1. The lowest BCUT2D eigenvalue weighted by molar-refractivity contribution is 0.159. The van der Waals surface area contributed by atoms with Crippen LogP contribution in [0.5, 0.6) is 0 Å². The summed E-state index contributed by atoms with van der Waals surface area (Å²) in [5.74, 6) is 1.63. The molecule has 118 valence electrons. The Morgan fingerprint density at radius 1 is 1.19 bits per heavy atom. The average Bonchev–Trinajstić information content (AvgIpc) is 3.11. The topological polar surface area (TPSA) is 41.1 Å². The second-order valence-corrected chi connectivity index (χ2v) is 7.76. The van der Waals surface area contributed by atoms with Crippen LogP contribution >= 0.6 is 11.5 Å². The lowest BCUT2D eigenvalue weighted by atomic mass is 10.0. The maximum absolute atomic E-state index is 4.62. The molecule has 2 aliphatic rings. The van der Waals surface area contributed by atoms with Gasteiger partial charge in [0.1, 0.15) is 5.82 Å². The Morgan fingerprint density at radius 2 is 1.90 bits per heavy atom. The molecule has 1 aromatic rings. The number of hydrogen-bond acceptors (Lipinski definition) is 5. The molecular weight excluding hydrogens is 280 g/mol. The minimum Gasteiger partial charge on any atom is -0.357 e. The molecule has 1 N–H and O–H groups in total. The van der Waals surface area contributed by atoms with E-state index in [9.17, 15) is 0 Å². The van der Waals surface area contributed by atoms with E-state index in [4.69, 9.17) is 0 Å². The van der Waals surface area contributed by atoms with Crippen LogP contribution in [0.1, 0.15) is 58.2 Å². The van der Waals surface area contributed by atoms with E-state index in [1.165, 1.54) is 63.1 Å². The summed E-state index contributed by atoms with van der Waals surface area (Å²) in [5.41, 5.74) is 0. The number of piperidine rings is 1. The molecule has 3 rings (SSSR count). The molecule has 4 nitrogen and oxygen atoms in total. The van der Waals surface area contributed by atoms with Gasteiger partial charge in [-0.2, -0.15) is 4.37 Å². The van der Waals surface area contributed by atoms with Crippen LogP contribution in [0.3, 0.4) is 0 Å². The number of anilines is 1. The van der Waals surface area contributed by atoms with Gasteiger partial charge in [0.15, 0.2) is 0 Å². The molecule has 0 aromatic carbocycles. The number of likely N-dealkylation sites (tertiary alicyclic amines) is 1. The van der Waals surface area contributed by atoms with E-state index >= 15 is 0 Å². The average molecular weight is 308 g/mol. The first kappa shape index (κ1) is 15.2. The zero-order valence-electron chi connectivity index (χ0n) is 13.3. The Morgan fingerprint density at radius 3 is 2.57 bits per heavy atom. The van der Waals surface area contributed by atoms with E-state index in [2.05, 4.69) is 33.4 Å². The van der Waals surface area contributed by atoms with Crippen molar-refractivity contribution in [2.45, 2.75) is 70.9 Å². The summed E-state index contributed by atoms with van der Waals surface area (Å²) in [5, 5.41) is 4.62. The lowest BCUT2D eigenvalue weighted by Gasteiger charge is -2.36. The third-order valence-corrected chi connectivity index (χ3v) is 5.44. The zero-order chi connectivity index (χ0) is 14.7. The van der Waals surface area contributed by atoms with Crippen molar-refractivity contribution in [3.05, 3.63) is 5.82 Å². The van der Waals surface area contributed by atoms with Gasteiger partial charge in [-0.1, -0.05) is 26.7 Å². The maximum Gasteiger partial charge on any atom is 0.202 e. The summed E-state index contributed by atoms with van der Waals surface area (Å²) in [6.45, 7) is 6.93. The summed E-state index contributed by atoms with van der Waals surface area (Å²) in [6.07, 6.45) is 9.20. The van der Waals surface area contributed by atoms with Crippen molar-refractivity contribution < 1.29 is 0 Å². The van der Waals surface area contributed by atoms with Crippen molar-refractivity contribution in [1.82, 2.24) is 14.3 Å². The van der Waals surface area contributed by atoms with Crippen molar-refractivity contribution >= 4 is 16.7 Å². The van der Waals surface area contributed by atoms with Crippen LogP contribution in [0.4, 0.5) is 5.13 Å². The predicted molar refractivity (Wildman–Crippen MR) is 88.9 cm³/mol. The smallest absolute Gasteiger partial charge is 0.202 e. The lowest BCUT2D eigenvalue weighted by Crippen LogP contribution is -2.43. The highest BCUT2D eigenvalue weighted by atomic mass is 32.1. The van der Waals surface area contributed by atoms with Crippen molar-refractivity contribution in [2.24, 2.45) is 5.92 Å². The van der Waals surface area contributed by atoms with Gasteiger partial charge in [-0.15, -0.1) is 0 Å². The highest BCUT2D eigenvalue weighted by Crippen LogP contribution is 2.27. The highest BCUT2D eigenvalue weighted by molar-refractivity contribution is 7.09. The summed E-state index contributed by atoms with van der Waals surface area (Å²) in [6, 6.07) is 1.47. The van der Waals surface area contributed by atoms with Gasteiger partial charge in [0, 0.05) is 43.1 Å². The monoisotopic (exact) mass is 308 g/mol. The molecule has 0 bridgehead atoms. The van der Waals surface area contributed by atoms with Crippen LogP contribution in [-0.2, 0) is 6.42 Å². The Bertz CT molecular complexity index is 431. The van der Waals surface area contributed by atoms with Gasteiger partial charge in [0.25, 0.3) is 0 Å². The van der Waals surface area contributed by atoms with E-state index in [0.717, 1.165) is 23.4 Å². The van der Waals surface area contributed by atoms with Crippen molar-refractivity contribution in [1.29, 1.82) is 0 Å². The number of aromatic nitrogens is 2. The van der Waals surface area contributed by atoms with Crippen LogP contribution in [0.25, 0.3) is 0 Å². The number of nitrogens with zero attached hydrogens (tertiary/aromatic N) is 3. The molecular formula is C16H28N4S. The second kappa shape index (κ2) is 7.05. The zero-order valence-corrected chi connectivity index (χ0v) is 14.2. The van der Waals surface area contributed by atoms with E-state index < -0.39 is 0 Å². The largest absolute Gasteiger partial charge is 0.357 e. The minimum atomic E-state index is 0.586. The van der Waals surface area contributed by atoms with Gasteiger partial charge < -0.3 is 10.2 Å². The Kier molecular flexibility index (Phi) is 5.11. The Hall–Kier alpha value is -0.680. The fraction of sp³-hybridized carbons (Fsp3) is 0.875. The molecule has 1 aromatic heterocycles. The van der Waals surface area contributed by atoms with Gasteiger partial charge in [0.2, 0.25) is 5.13 Å². The van der Waals surface area contributed by atoms with E-state index in [1.807, 2.05) is 0 Å². The fourth-order valence-electron chi connectivity index (χ4n) is 3.61. The molecule has 2 fully saturated rings. The van der Waals surface area contributed by atoms with Crippen molar-refractivity contribution in [2.75, 3.05) is 18.4 Å². The summed E-state index contributed by atoms with van der Waals surface area (Å²) in [7, 11) is 0. The quantitative estimate of drug-likeness (QED) is 0.903. The minimum absolute atomic E-state index is 0.586. The summed E-state index contributed by atoms with van der Waals surface area (Å²) in [4.78, 5) is 7.34. The summed E-state index contributed by atoms with van der Waals surface area (Å²) < 4.78 is 4.46. The molecule has 21 heavy (non-hydrogen) atoms. The third kappa shape index (κ3) is 4.16. The first-order valence-electron chi connectivity index (χ1n) is 8.54. The van der Waals surface area contributed by atoms with E-state index in [-0.39, 0.29) is 0 Å². The van der Waals surface area contributed by atoms with E-state index in [1.54, 1.807) is 0 Å². The molecule has 1 aliphatic carbocycles. The molecule has 5 heteroatoms. The van der Waals surface area contributed by atoms with Crippen LogP contribution < -0.4 is 5.32 Å². The molecule has 0 spiro atoms. The van der Waals surface area contributed by atoms with Crippen LogP contribution in [-0.4, -0.2) is 39.4 Å². The van der Waals surface area contributed by atoms with Crippen LogP contribution in [0, 0.1) is 5.92 Å². The third-order valence-electron chi connectivity index (χ3n) is 4.76. The first-order chi connectivity index (χ1) is 10.2. The van der Waals surface area contributed by atoms with Crippen LogP contribution in [0.15, 0.2) is 0 Å². The van der Waals surface area contributed by atoms with Gasteiger partial charge in [-0.3, -0.25) is 0 Å². The molecule has 1 saturated carbocycles. The Labute approximate surface area is 132 Å². The fourth-order valence-corrected chi connectivity index (χ4v) is 4.29. The first-order valence-corrected chi connectivity index (χ1v) is 9.31. The molecule has 0 radical (unpaired) electrons. The molecule has 2 heterocycles. The Balaban J connectivity index is 1.45. The second-order valence-electron chi connectivity index (χ2n) is 7.01. The van der Waals surface area contributed by atoms with Gasteiger partial charge >= 0.3 is 0 Å². The van der Waals surface area contributed by atoms with Crippen LogP contribution in [0.2, 0.25) is 0 Å². The van der Waals surface area contributed by atoms with Crippen molar-refractivity contribution in [3.8, 4) is 0 Å². The van der Waals surface area contributed by atoms with Crippen molar-refractivity contribution in [3.63, 3.8) is 0 Å². The van der Waals surface area contributed by atoms with Gasteiger partial charge in [-0.05, 0) is 31.6 Å². The normalized spacial score (nSPS) is 22.2. The number of rotatable bonds is 5. The number of hydrogen-bond donors (Lipinski definition) is 1. The maximum atomic E-state index is 4.62. The molecule has 1 saturated heterocycles. The standard InChI is InChI=1S/C16H28N4S/c1-12(2)11-15-18-16(21-19-15)17-13-7-9-20(10-8-13)14-5-3-4-6-14/h12-14H,3-11H2,1-2H3,(H,17,18,19). The molecule has 0 atom stereocenters. The predicted octanol–water partition coefficient (Wildman–Crippen LogP) is 3.56. The number of nitrogens with one attached hydrogen (secondary N) is 1.